The number of hydrogen-bond acceptors (Lipinski definition) is 2. The van der Waals surface area contributed by atoms with Crippen molar-refractivity contribution in [2.45, 2.75) is 45.1 Å². The molecule has 2 amide bonds. The number of nitrogens with two attached hydrogens (primary N) is 1. The summed E-state index contributed by atoms with van der Waals surface area (Å²) >= 11 is 4.82. The van der Waals surface area contributed by atoms with Gasteiger partial charge < -0.3 is 16.0 Å². The minimum atomic E-state index is -0.0396. The predicted molar refractivity (Wildman–Crippen MR) is 69.4 cm³/mol. The molecular weight excluding hydrogens is 222 g/mol. The molecule has 0 spiro atoms. The lowest BCUT2D eigenvalue weighted by molar-refractivity contribution is 0.199. The minimum absolute atomic E-state index is 0.0396. The van der Waals surface area contributed by atoms with Crippen molar-refractivity contribution in [2.24, 2.45) is 5.73 Å². The molecule has 0 radical (unpaired) electrons. The molecule has 0 bridgehead atoms. The number of carbonyl (C=O) groups is 1. The van der Waals surface area contributed by atoms with Crippen LogP contribution >= 0.6 is 12.2 Å². The molecule has 0 unspecified atom stereocenters. The van der Waals surface area contributed by atoms with Crippen molar-refractivity contribution < 1.29 is 4.79 Å². The van der Waals surface area contributed by atoms with Crippen LogP contribution in [0.15, 0.2) is 0 Å². The second-order valence-electron chi connectivity index (χ2n) is 4.26. The molecule has 1 aliphatic carbocycles. The molecular formula is C11H21N3OS. The summed E-state index contributed by atoms with van der Waals surface area (Å²) in [5, 5.41) is 3.05. The summed E-state index contributed by atoms with van der Waals surface area (Å²) in [5.74, 6) is 0. The van der Waals surface area contributed by atoms with Crippen LogP contribution in [-0.2, 0) is 0 Å². The maximum Gasteiger partial charge on any atom is 0.317 e. The molecule has 0 aliphatic heterocycles. The maximum atomic E-state index is 11.9. The second-order valence-corrected chi connectivity index (χ2v) is 4.79. The van der Waals surface area contributed by atoms with E-state index in [9.17, 15) is 4.79 Å². The van der Waals surface area contributed by atoms with E-state index >= 15 is 0 Å². The highest BCUT2D eigenvalue weighted by Gasteiger charge is 2.19. The summed E-state index contributed by atoms with van der Waals surface area (Å²) < 4.78 is 0. The molecule has 1 aliphatic rings. The van der Waals surface area contributed by atoms with Crippen molar-refractivity contribution in [3.63, 3.8) is 0 Å². The fourth-order valence-corrected chi connectivity index (χ4v) is 2.18. The number of nitrogens with one attached hydrogen (secondary N) is 1. The molecule has 3 N–H and O–H groups in total. The van der Waals surface area contributed by atoms with Crippen molar-refractivity contribution in [3.05, 3.63) is 0 Å². The average molecular weight is 243 g/mol. The number of rotatable bonds is 4. The molecule has 0 heterocycles. The quantitative estimate of drug-likeness (QED) is 0.738. The minimum Gasteiger partial charge on any atom is -0.392 e. The van der Waals surface area contributed by atoms with Crippen LogP contribution in [0.4, 0.5) is 4.79 Å². The fourth-order valence-electron chi connectivity index (χ4n) is 2.03. The van der Waals surface area contributed by atoms with Gasteiger partial charge in [-0.1, -0.05) is 31.5 Å². The van der Waals surface area contributed by atoms with Gasteiger partial charge in [0.25, 0.3) is 0 Å². The summed E-state index contributed by atoms with van der Waals surface area (Å²) in [6.07, 6.45) is 5.90. The standard InChI is InChI=1S/C11H21N3OS/c1-2-14(8-10(12)16)11(15)13-9-6-4-3-5-7-9/h9H,2-8H2,1H3,(H2,12,16)(H,13,15). The highest BCUT2D eigenvalue weighted by molar-refractivity contribution is 7.80. The Labute approximate surface area is 103 Å². The molecule has 0 aromatic heterocycles. The summed E-state index contributed by atoms with van der Waals surface area (Å²) in [6, 6.07) is 0.295. The van der Waals surface area contributed by atoms with Crippen molar-refractivity contribution in [2.75, 3.05) is 13.1 Å². The van der Waals surface area contributed by atoms with Gasteiger partial charge in [-0.3, -0.25) is 0 Å². The molecule has 92 valence electrons. The van der Waals surface area contributed by atoms with Gasteiger partial charge in [0.2, 0.25) is 0 Å². The van der Waals surface area contributed by atoms with Crippen LogP contribution in [0, 0.1) is 0 Å². The Morgan fingerprint density at radius 3 is 2.56 bits per heavy atom. The van der Waals surface area contributed by atoms with E-state index in [0.717, 1.165) is 12.8 Å². The van der Waals surface area contributed by atoms with Crippen LogP contribution in [0.1, 0.15) is 39.0 Å². The molecule has 0 atom stereocenters. The van der Waals surface area contributed by atoms with E-state index in [2.05, 4.69) is 5.32 Å². The first-order valence-corrected chi connectivity index (χ1v) is 6.38. The lowest BCUT2D eigenvalue weighted by Crippen LogP contribution is -2.47. The normalized spacial score (nSPS) is 16.8. The number of thiocarbonyl (C=S) groups is 1. The third-order valence-corrected chi connectivity index (χ3v) is 3.08. The van der Waals surface area contributed by atoms with Gasteiger partial charge in [0.1, 0.15) is 0 Å². The molecule has 1 rings (SSSR count). The van der Waals surface area contributed by atoms with Crippen LogP contribution in [0.2, 0.25) is 0 Å². The zero-order chi connectivity index (χ0) is 12.0. The first-order chi connectivity index (χ1) is 7.63. The number of likely N-dealkylation sites (N-methyl/N-ethyl adjacent to an activating group) is 1. The zero-order valence-electron chi connectivity index (χ0n) is 9.87. The van der Waals surface area contributed by atoms with E-state index in [1.807, 2.05) is 6.92 Å². The van der Waals surface area contributed by atoms with Crippen LogP contribution in [0.25, 0.3) is 0 Å². The molecule has 4 nitrogen and oxygen atoms in total. The highest BCUT2D eigenvalue weighted by atomic mass is 32.1. The third kappa shape index (κ3) is 4.35. The van der Waals surface area contributed by atoms with Crippen molar-refractivity contribution in [1.82, 2.24) is 10.2 Å². The largest absolute Gasteiger partial charge is 0.392 e. The number of nitrogens with zero attached hydrogens (tertiary/aromatic N) is 1. The van der Waals surface area contributed by atoms with Crippen molar-refractivity contribution in [3.8, 4) is 0 Å². The number of amides is 2. The first kappa shape index (κ1) is 13.2. The summed E-state index contributed by atoms with van der Waals surface area (Å²) in [6.45, 7) is 2.93. The SMILES string of the molecule is CCN(CC(N)=S)C(=O)NC1CCCCC1. The molecule has 0 aromatic carbocycles. The third-order valence-electron chi connectivity index (χ3n) is 2.95. The Bertz CT molecular complexity index is 252. The Hall–Kier alpha value is -0.840. The van der Waals surface area contributed by atoms with Gasteiger partial charge in [-0.25, -0.2) is 4.79 Å². The topological polar surface area (TPSA) is 58.4 Å². The summed E-state index contributed by atoms with van der Waals surface area (Å²) in [4.78, 5) is 13.9. The van der Waals surface area contributed by atoms with Gasteiger partial charge in [-0.05, 0) is 19.8 Å². The van der Waals surface area contributed by atoms with Gasteiger partial charge in [-0.2, -0.15) is 0 Å². The smallest absolute Gasteiger partial charge is 0.317 e. The molecule has 0 aromatic rings. The van der Waals surface area contributed by atoms with Gasteiger partial charge in [-0.15, -0.1) is 0 Å². The molecule has 16 heavy (non-hydrogen) atoms. The van der Waals surface area contributed by atoms with Crippen LogP contribution in [0.5, 0.6) is 0 Å². The molecule has 1 fully saturated rings. The first-order valence-electron chi connectivity index (χ1n) is 5.97. The van der Waals surface area contributed by atoms with E-state index in [4.69, 9.17) is 18.0 Å². The van der Waals surface area contributed by atoms with Crippen molar-refractivity contribution in [1.29, 1.82) is 0 Å². The Morgan fingerprint density at radius 2 is 2.06 bits per heavy atom. The molecule has 5 heteroatoms. The number of urea groups is 1. The number of carbonyl (C=O) groups excluding carboxylic acids is 1. The van der Waals surface area contributed by atoms with E-state index < -0.39 is 0 Å². The summed E-state index contributed by atoms with van der Waals surface area (Å²) in [7, 11) is 0. The van der Waals surface area contributed by atoms with Crippen molar-refractivity contribution >= 4 is 23.2 Å². The lowest BCUT2D eigenvalue weighted by atomic mass is 9.96. The molecule has 0 saturated heterocycles. The van der Waals surface area contributed by atoms with Crippen LogP contribution in [0.3, 0.4) is 0 Å². The average Bonchev–Trinajstić information content (AvgIpc) is 2.26. The van der Waals surface area contributed by atoms with E-state index in [1.54, 1.807) is 4.90 Å². The van der Waals surface area contributed by atoms with E-state index in [-0.39, 0.29) is 6.03 Å². The fraction of sp³-hybridized carbons (Fsp3) is 0.818. The predicted octanol–water partition coefficient (Wildman–Crippen LogP) is 1.64. The molecule has 1 saturated carbocycles. The second kappa shape index (κ2) is 6.68. The maximum absolute atomic E-state index is 11.9. The Kier molecular flexibility index (Phi) is 5.52. The monoisotopic (exact) mass is 243 g/mol. The van der Waals surface area contributed by atoms with Gasteiger partial charge >= 0.3 is 6.03 Å². The van der Waals surface area contributed by atoms with E-state index in [0.29, 0.717) is 24.1 Å². The van der Waals surface area contributed by atoms with Crippen LogP contribution in [-0.4, -0.2) is 35.1 Å². The Balaban J connectivity index is 2.38. The highest BCUT2D eigenvalue weighted by Crippen LogP contribution is 2.17. The van der Waals surface area contributed by atoms with Crippen LogP contribution < -0.4 is 11.1 Å². The lowest BCUT2D eigenvalue weighted by Gasteiger charge is -2.27. The van der Waals surface area contributed by atoms with Gasteiger partial charge in [0.15, 0.2) is 0 Å². The van der Waals surface area contributed by atoms with Gasteiger partial charge in [0.05, 0.1) is 11.5 Å². The Morgan fingerprint density at radius 1 is 1.44 bits per heavy atom. The number of hydrogen-bond donors (Lipinski definition) is 2. The van der Waals surface area contributed by atoms with E-state index in [1.165, 1.54) is 19.3 Å². The van der Waals surface area contributed by atoms with Gasteiger partial charge in [0, 0.05) is 12.6 Å². The zero-order valence-corrected chi connectivity index (χ0v) is 10.7. The summed E-state index contributed by atoms with van der Waals surface area (Å²) in [5.41, 5.74) is 5.45.